The number of hydrogen-bond acceptors (Lipinski definition) is 2. The summed E-state index contributed by atoms with van der Waals surface area (Å²) in [6.07, 6.45) is 19.5. The van der Waals surface area contributed by atoms with Crippen LogP contribution in [0.4, 0.5) is 0 Å². The summed E-state index contributed by atoms with van der Waals surface area (Å²) in [5.41, 5.74) is 0. The van der Waals surface area contributed by atoms with E-state index in [9.17, 15) is 9.59 Å². The number of carbonyl (C=O) groups excluding carboxylic acids is 2. The standard InChI is InChI=1S/C24H46O2/c1-4-7-9-11-13-15-18-23(25)20-22(17-6-3)21-24(26)19-16-14-12-10-8-5-2/h22H,4-21H2,1-3H3. The van der Waals surface area contributed by atoms with E-state index in [0.29, 0.717) is 30.3 Å². The van der Waals surface area contributed by atoms with Crippen LogP contribution in [-0.2, 0) is 9.59 Å². The van der Waals surface area contributed by atoms with Crippen molar-refractivity contribution in [1.29, 1.82) is 0 Å². The van der Waals surface area contributed by atoms with Gasteiger partial charge in [-0.15, -0.1) is 0 Å². The number of Topliss-reactive ketones (excluding diaryl/α,β-unsaturated/α-hetero) is 2. The van der Waals surface area contributed by atoms with Gasteiger partial charge in [0.1, 0.15) is 11.6 Å². The van der Waals surface area contributed by atoms with Crippen molar-refractivity contribution in [1.82, 2.24) is 0 Å². The van der Waals surface area contributed by atoms with E-state index in [2.05, 4.69) is 20.8 Å². The van der Waals surface area contributed by atoms with E-state index in [0.717, 1.165) is 38.5 Å². The summed E-state index contributed by atoms with van der Waals surface area (Å²) < 4.78 is 0. The topological polar surface area (TPSA) is 34.1 Å². The van der Waals surface area contributed by atoms with Crippen LogP contribution in [0.25, 0.3) is 0 Å². The van der Waals surface area contributed by atoms with Crippen LogP contribution >= 0.6 is 0 Å². The van der Waals surface area contributed by atoms with Crippen molar-refractivity contribution in [3.63, 3.8) is 0 Å². The minimum Gasteiger partial charge on any atom is -0.300 e. The Morgan fingerprint density at radius 2 is 0.923 bits per heavy atom. The van der Waals surface area contributed by atoms with E-state index in [1.54, 1.807) is 0 Å². The van der Waals surface area contributed by atoms with Gasteiger partial charge < -0.3 is 0 Å². The molecule has 0 aromatic heterocycles. The van der Waals surface area contributed by atoms with E-state index < -0.39 is 0 Å². The van der Waals surface area contributed by atoms with E-state index in [1.807, 2.05) is 0 Å². The highest BCUT2D eigenvalue weighted by Crippen LogP contribution is 2.20. The molecule has 0 aromatic carbocycles. The summed E-state index contributed by atoms with van der Waals surface area (Å²) >= 11 is 0. The minimum absolute atomic E-state index is 0.292. The fourth-order valence-electron chi connectivity index (χ4n) is 3.74. The maximum atomic E-state index is 12.2. The summed E-state index contributed by atoms with van der Waals surface area (Å²) in [5, 5.41) is 0. The van der Waals surface area contributed by atoms with Gasteiger partial charge in [-0.3, -0.25) is 9.59 Å². The summed E-state index contributed by atoms with van der Waals surface area (Å²) in [6.45, 7) is 6.61. The lowest BCUT2D eigenvalue weighted by atomic mass is 9.89. The molecule has 0 radical (unpaired) electrons. The smallest absolute Gasteiger partial charge is 0.133 e. The number of ketones is 2. The van der Waals surface area contributed by atoms with Crippen LogP contribution in [0, 0.1) is 5.92 Å². The first kappa shape index (κ1) is 25.3. The maximum Gasteiger partial charge on any atom is 0.133 e. The molecular weight excluding hydrogens is 320 g/mol. The minimum atomic E-state index is 0.292. The summed E-state index contributed by atoms with van der Waals surface area (Å²) in [6, 6.07) is 0. The molecule has 154 valence electrons. The monoisotopic (exact) mass is 366 g/mol. The molecule has 0 aliphatic rings. The third-order valence-corrected chi connectivity index (χ3v) is 5.35. The zero-order valence-corrected chi connectivity index (χ0v) is 18.1. The average molecular weight is 367 g/mol. The molecule has 0 aromatic rings. The Hall–Kier alpha value is -0.660. The van der Waals surface area contributed by atoms with Crippen LogP contribution in [-0.4, -0.2) is 11.6 Å². The first-order chi connectivity index (χ1) is 12.6. The van der Waals surface area contributed by atoms with Gasteiger partial charge in [-0.1, -0.05) is 91.4 Å². The molecule has 0 N–H and O–H groups in total. The van der Waals surface area contributed by atoms with Crippen molar-refractivity contribution in [3.05, 3.63) is 0 Å². The molecule has 2 heteroatoms. The SMILES string of the molecule is CCCCCCCCC(=O)CC(CCC)CC(=O)CCCCCCCC. The molecule has 26 heavy (non-hydrogen) atoms. The normalized spacial score (nSPS) is 11.2. The zero-order chi connectivity index (χ0) is 19.5. The van der Waals surface area contributed by atoms with Gasteiger partial charge in [-0.25, -0.2) is 0 Å². The summed E-state index contributed by atoms with van der Waals surface area (Å²) in [4.78, 5) is 24.5. The lowest BCUT2D eigenvalue weighted by molar-refractivity contribution is -0.122. The van der Waals surface area contributed by atoms with Crippen molar-refractivity contribution in [3.8, 4) is 0 Å². The van der Waals surface area contributed by atoms with Crippen molar-refractivity contribution >= 4 is 11.6 Å². The molecule has 0 aliphatic carbocycles. The molecule has 2 nitrogen and oxygen atoms in total. The molecule has 0 atom stereocenters. The van der Waals surface area contributed by atoms with Crippen LogP contribution in [0.2, 0.25) is 0 Å². The summed E-state index contributed by atoms with van der Waals surface area (Å²) in [7, 11) is 0. The largest absolute Gasteiger partial charge is 0.300 e. The molecule has 0 amide bonds. The van der Waals surface area contributed by atoms with Crippen molar-refractivity contribution in [2.45, 2.75) is 136 Å². The van der Waals surface area contributed by atoms with Crippen LogP contribution in [0.15, 0.2) is 0 Å². The maximum absolute atomic E-state index is 12.2. The Labute approximate surface area is 163 Å². The highest BCUT2D eigenvalue weighted by molar-refractivity contribution is 5.81. The van der Waals surface area contributed by atoms with Gasteiger partial charge >= 0.3 is 0 Å². The highest BCUT2D eigenvalue weighted by atomic mass is 16.1. The lowest BCUT2D eigenvalue weighted by Gasteiger charge is -2.14. The fraction of sp³-hybridized carbons (Fsp3) is 0.917. The Morgan fingerprint density at radius 1 is 0.538 bits per heavy atom. The van der Waals surface area contributed by atoms with Gasteiger partial charge in [0.25, 0.3) is 0 Å². The Bertz CT molecular complexity index is 305. The molecule has 0 aliphatic heterocycles. The third kappa shape index (κ3) is 16.8. The molecule has 0 heterocycles. The second-order valence-corrected chi connectivity index (χ2v) is 8.18. The molecule has 0 saturated carbocycles. The zero-order valence-electron chi connectivity index (χ0n) is 18.1. The van der Waals surface area contributed by atoms with Gasteiger partial charge in [0.15, 0.2) is 0 Å². The van der Waals surface area contributed by atoms with Gasteiger partial charge in [-0.2, -0.15) is 0 Å². The van der Waals surface area contributed by atoms with Crippen LogP contribution in [0.3, 0.4) is 0 Å². The van der Waals surface area contributed by atoms with Crippen molar-refractivity contribution in [2.75, 3.05) is 0 Å². The number of rotatable bonds is 20. The van der Waals surface area contributed by atoms with Crippen LogP contribution in [0.1, 0.15) is 136 Å². The first-order valence-corrected chi connectivity index (χ1v) is 11.7. The quantitative estimate of drug-likeness (QED) is 0.206. The van der Waals surface area contributed by atoms with E-state index in [1.165, 1.54) is 64.2 Å². The summed E-state index contributed by atoms with van der Waals surface area (Å²) in [5.74, 6) is 1.05. The number of carbonyl (C=O) groups is 2. The number of unbranched alkanes of at least 4 members (excludes halogenated alkanes) is 10. The van der Waals surface area contributed by atoms with E-state index in [-0.39, 0.29) is 0 Å². The van der Waals surface area contributed by atoms with Crippen molar-refractivity contribution < 1.29 is 9.59 Å². The fourth-order valence-corrected chi connectivity index (χ4v) is 3.74. The molecule has 0 rings (SSSR count). The highest BCUT2D eigenvalue weighted by Gasteiger charge is 2.16. The molecule has 0 unspecified atom stereocenters. The second-order valence-electron chi connectivity index (χ2n) is 8.18. The molecule has 0 fully saturated rings. The first-order valence-electron chi connectivity index (χ1n) is 11.7. The lowest BCUT2D eigenvalue weighted by Crippen LogP contribution is -2.13. The average Bonchev–Trinajstić information content (AvgIpc) is 2.61. The Morgan fingerprint density at radius 3 is 1.31 bits per heavy atom. The number of hydrogen-bond donors (Lipinski definition) is 0. The third-order valence-electron chi connectivity index (χ3n) is 5.35. The predicted molar refractivity (Wildman–Crippen MR) is 114 cm³/mol. The van der Waals surface area contributed by atoms with E-state index >= 15 is 0 Å². The van der Waals surface area contributed by atoms with Crippen LogP contribution in [0.5, 0.6) is 0 Å². The van der Waals surface area contributed by atoms with Gasteiger partial charge in [0, 0.05) is 25.7 Å². The molecule has 0 bridgehead atoms. The Balaban J connectivity index is 3.88. The van der Waals surface area contributed by atoms with Crippen molar-refractivity contribution in [2.24, 2.45) is 5.92 Å². The Kier molecular flexibility index (Phi) is 18.6. The molecule has 0 spiro atoms. The van der Waals surface area contributed by atoms with Gasteiger partial charge in [0.2, 0.25) is 0 Å². The van der Waals surface area contributed by atoms with E-state index in [4.69, 9.17) is 0 Å². The van der Waals surface area contributed by atoms with Crippen LogP contribution < -0.4 is 0 Å². The van der Waals surface area contributed by atoms with Gasteiger partial charge in [0.05, 0.1) is 0 Å². The molecular formula is C24H46O2. The predicted octanol–water partition coefficient (Wildman–Crippen LogP) is 7.82. The van der Waals surface area contributed by atoms with Gasteiger partial charge in [-0.05, 0) is 25.2 Å². The molecule has 0 saturated heterocycles. The second kappa shape index (κ2) is 19.1.